The molecule has 0 spiro atoms. The number of halogens is 1. The van der Waals surface area contributed by atoms with Gasteiger partial charge in [-0.1, -0.05) is 11.6 Å². The monoisotopic (exact) mass is 369 g/mol. The standard InChI is InChI=1S/C18H12ClN3O4/c19-12-3-5-14(18(24)25)15(8-12)16-6-4-13(26-16)10-21-22-17(23)11-2-1-7-20-9-11/h1-10H,(H,22,23)(H,24,25)/b21-10-. The van der Waals surface area contributed by atoms with Gasteiger partial charge in [-0.25, -0.2) is 10.2 Å². The fourth-order valence-corrected chi connectivity index (χ4v) is 2.36. The first-order chi connectivity index (χ1) is 12.5. The van der Waals surface area contributed by atoms with Gasteiger partial charge in [0.15, 0.2) is 0 Å². The average Bonchev–Trinajstić information content (AvgIpc) is 3.11. The highest BCUT2D eigenvalue weighted by Gasteiger charge is 2.15. The number of rotatable bonds is 5. The minimum Gasteiger partial charge on any atom is -0.478 e. The molecule has 0 aliphatic rings. The van der Waals surface area contributed by atoms with Crippen molar-refractivity contribution in [1.29, 1.82) is 0 Å². The molecule has 8 heteroatoms. The van der Waals surface area contributed by atoms with Crippen molar-refractivity contribution < 1.29 is 19.1 Å². The lowest BCUT2D eigenvalue weighted by Crippen LogP contribution is -2.17. The minimum absolute atomic E-state index is 0.0668. The molecule has 7 nitrogen and oxygen atoms in total. The molecule has 0 saturated heterocycles. The minimum atomic E-state index is -1.09. The summed E-state index contributed by atoms with van der Waals surface area (Å²) in [5, 5.41) is 13.5. The van der Waals surface area contributed by atoms with Gasteiger partial charge >= 0.3 is 5.97 Å². The topological polar surface area (TPSA) is 105 Å². The Morgan fingerprint density at radius 1 is 1.23 bits per heavy atom. The number of amides is 1. The maximum Gasteiger partial charge on any atom is 0.336 e. The molecular weight excluding hydrogens is 358 g/mol. The van der Waals surface area contributed by atoms with Crippen LogP contribution in [0.3, 0.4) is 0 Å². The van der Waals surface area contributed by atoms with E-state index < -0.39 is 11.9 Å². The maximum absolute atomic E-state index is 11.8. The molecule has 3 aromatic rings. The molecule has 0 aliphatic heterocycles. The van der Waals surface area contributed by atoms with Gasteiger partial charge in [0.1, 0.15) is 11.5 Å². The van der Waals surface area contributed by atoms with Crippen molar-refractivity contribution in [2.45, 2.75) is 0 Å². The molecule has 3 rings (SSSR count). The van der Waals surface area contributed by atoms with Crippen LogP contribution >= 0.6 is 11.6 Å². The lowest BCUT2D eigenvalue weighted by molar-refractivity contribution is 0.0697. The van der Waals surface area contributed by atoms with Gasteiger partial charge in [-0.3, -0.25) is 9.78 Å². The number of pyridine rings is 1. The largest absolute Gasteiger partial charge is 0.478 e. The lowest BCUT2D eigenvalue weighted by Gasteiger charge is -2.03. The summed E-state index contributed by atoms with van der Waals surface area (Å²) in [4.78, 5) is 27.0. The van der Waals surface area contributed by atoms with Crippen molar-refractivity contribution in [2.24, 2.45) is 5.10 Å². The third kappa shape index (κ3) is 3.96. The highest BCUT2D eigenvalue weighted by molar-refractivity contribution is 6.31. The van der Waals surface area contributed by atoms with Gasteiger partial charge in [-0.2, -0.15) is 5.10 Å². The molecular formula is C18H12ClN3O4. The van der Waals surface area contributed by atoms with Gasteiger partial charge in [0.25, 0.3) is 5.91 Å². The van der Waals surface area contributed by atoms with Crippen molar-refractivity contribution in [2.75, 3.05) is 0 Å². The number of aromatic carboxylic acids is 1. The molecule has 130 valence electrons. The quantitative estimate of drug-likeness (QED) is 0.529. The summed E-state index contributed by atoms with van der Waals surface area (Å²) >= 11 is 5.94. The normalized spacial score (nSPS) is 10.8. The van der Waals surface area contributed by atoms with Crippen molar-refractivity contribution in [3.63, 3.8) is 0 Å². The number of nitrogens with zero attached hydrogens (tertiary/aromatic N) is 2. The van der Waals surface area contributed by atoms with Gasteiger partial charge in [0.05, 0.1) is 17.3 Å². The third-order valence-corrected chi connectivity index (χ3v) is 3.62. The highest BCUT2D eigenvalue weighted by atomic mass is 35.5. The van der Waals surface area contributed by atoms with Crippen LogP contribution in [0.2, 0.25) is 5.02 Å². The van der Waals surface area contributed by atoms with E-state index in [1.807, 2.05) is 0 Å². The number of benzene rings is 1. The molecule has 0 unspecified atom stereocenters. The predicted molar refractivity (Wildman–Crippen MR) is 95.4 cm³/mol. The zero-order valence-electron chi connectivity index (χ0n) is 13.2. The molecule has 0 fully saturated rings. The van der Waals surface area contributed by atoms with Crippen molar-refractivity contribution in [3.05, 3.63) is 76.8 Å². The number of hydrogen-bond donors (Lipinski definition) is 2. The fraction of sp³-hybridized carbons (Fsp3) is 0. The second kappa shape index (κ2) is 7.62. The molecule has 2 heterocycles. The summed E-state index contributed by atoms with van der Waals surface area (Å²) < 4.78 is 5.57. The Bertz CT molecular complexity index is 983. The smallest absolute Gasteiger partial charge is 0.336 e. The van der Waals surface area contributed by atoms with E-state index in [0.29, 0.717) is 27.7 Å². The van der Waals surface area contributed by atoms with Crippen LogP contribution in [-0.4, -0.2) is 28.2 Å². The predicted octanol–water partition coefficient (Wildman–Crippen LogP) is 3.46. The zero-order chi connectivity index (χ0) is 18.5. The summed E-state index contributed by atoms with van der Waals surface area (Å²) in [5.41, 5.74) is 3.14. The van der Waals surface area contributed by atoms with Crippen molar-refractivity contribution >= 4 is 29.7 Å². The SMILES string of the molecule is O=C(N/N=C\c1ccc(-c2cc(Cl)ccc2C(=O)O)o1)c1cccnc1. The molecule has 0 bridgehead atoms. The van der Waals surface area contributed by atoms with Crippen LogP contribution in [0.5, 0.6) is 0 Å². The van der Waals surface area contributed by atoms with Crippen molar-refractivity contribution in [3.8, 4) is 11.3 Å². The van der Waals surface area contributed by atoms with Crippen LogP contribution in [0.15, 0.2) is 64.4 Å². The van der Waals surface area contributed by atoms with Gasteiger partial charge in [0, 0.05) is 23.0 Å². The van der Waals surface area contributed by atoms with E-state index in [-0.39, 0.29) is 5.56 Å². The molecule has 2 aromatic heterocycles. The average molecular weight is 370 g/mol. The second-order valence-electron chi connectivity index (χ2n) is 5.14. The van der Waals surface area contributed by atoms with E-state index in [1.54, 1.807) is 30.5 Å². The van der Waals surface area contributed by atoms with Crippen LogP contribution in [-0.2, 0) is 0 Å². The van der Waals surface area contributed by atoms with Gasteiger partial charge in [-0.05, 0) is 42.5 Å². The second-order valence-corrected chi connectivity index (χ2v) is 5.57. The lowest BCUT2D eigenvalue weighted by atomic mass is 10.1. The molecule has 26 heavy (non-hydrogen) atoms. The van der Waals surface area contributed by atoms with Crippen LogP contribution in [0.1, 0.15) is 26.5 Å². The van der Waals surface area contributed by atoms with E-state index in [9.17, 15) is 14.7 Å². The van der Waals surface area contributed by atoms with Gasteiger partial charge < -0.3 is 9.52 Å². The van der Waals surface area contributed by atoms with E-state index in [1.165, 1.54) is 30.6 Å². The maximum atomic E-state index is 11.8. The number of carbonyl (C=O) groups is 2. The van der Waals surface area contributed by atoms with E-state index in [4.69, 9.17) is 16.0 Å². The number of hydrazone groups is 1. The van der Waals surface area contributed by atoms with Crippen LogP contribution in [0.4, 0.5) is 0 Å². The molecule has 1 amide bonds. The first-order valence-electron chi connectivity index (χ1n) is 7.41. The molecule has 2 N–H and O–H groups in total. The molecule has 0 aliphatic carbocycles. The Balaban J connectivity index is 1.76. The summed E-state index contributed by atoms with van der Waals surface area (Å²) in [6.45, 7) is 0. The van der Waals surface area contributed by atoms with Gasteiger partial charge in [-0.15, -0.1) is 0 Å². The Kier molecular flexibility index (Phi) is 5.09. The number of carbonyl (C=O) groups excluding carboxylic acids is 1. The van der Waals surface area contributed by atoms with Crippen LogP contribution in [0.25, 0.3) is 11.3 Å². The number of hydrogen-bond acceptors (Lipinski definition) is 5. The Hall–Kier alpha value is -3.45. The summed E-state index contributed by atoms with van der Waals surface area (Å²) in [7, 11) is 0. The Morgan fingerprint density at radius 3 is 2.81 bits per heavy atom. The number of nitrogens with one attached hydrogen (secondary N) is 1. The van der Waals surface area contributed by atoms with Crippen LogP contribution < -0.4 is 5.43 Å². The summed E-state index contributed by atoms with van der Waals surface area (Å²) in [6, 6.07) is 10.9. The first-order valence-corrected chi connectivity index (χ1v) is 7.79. The highest BCUT2D eigenvalue weighted by Crippen LogP contribution is 2.28. The molecule has 0 saturated carbocycles. The Morgan fingerprint density at radius 2 is 2.08 bits per heavy atom. The summed E-state index contributed by atoms with van der Waals surface area (Å²) in [5.74, 6) is -0.844. The zero-order valence-corrected chi connectivity index (χ0v) is 14.0. The Labute approximate surface area is 152 Å². The number of furan rings is 1. The van der Waals surface area contributed by atoms with Crippen molar-refractivity contribution in [1.82, 2.24) is 10.4 Å². The molecule has 0 radical (unpaired) electrons. The van der Waals surface area contributed by atoms with Crippen LogP contribution in [0, 0.1) is 0 Å². The number of carboxylic acids is 1. The molecule has 0 atom stereocenters. The van der Waals surface area contributed by atoms with E-state index in [2.05, 4.69) is 15.5 Å². The fourth-order valence-electron chi connectivity index (χ4n) is 2.19. The number of carboxylic acid groups (broad SMARTS) is 1. The van der Waals surface area contributed by atoms with E-state index in [0.717, 1.165) is 0 Å². The van der Waals surface area contributed by atoms with Gasteiger partial charge in [0.2, 0.25) is 0 Å². The third-order valence-electron chi connectivity index (χ3n) is 3.39. The van der Waals surface area contributed by atoms with E-state index >= 15 is 0 Å². The summed E-state index contributed by atoms with van der Waals surface area (Å²) in [6.07, 6.45) is 4.29. The number of aromatic nitrogens is 1. The first kappa shape index (κ1) is 17.4. The molecule has 1 aromatic carbocycles.